The number of aromatic amines is 1. The highest BCUT2D eigenvalue weighted by molar-refractivity contribution is 6.04. The second kappa shape index (κ2) is 6.64. The van der Waals surface area contributed by atoms with Crippen LogP contribution in [0, 0.1) is 0 Å². The number of hydrogen-bond donors (Lipinski definition) is 1. The molecular formula is C19H21N5O. The van der Waals surface area contributed by atoms with Crippen LogP contribution in [-0.2, 0) is 0 Å². The van der Waals surface area contributed by atoms with E-state index in [0.29, 0.717) is 18.8 Å². The summed E-state index contributed by atoms with van der Waals surface area (Å²) in [4.78, 5) is 29.0. The van der Waals surface area contributed by atoms with Crippen molar-refractivity contribution in [3.05, 3.63) is 60.3 Å². The first kappa shape index (κ1) is 15.8. The number of carbonyl (C=O) groups is 1. The molecule has 4 heterocycles. The Morgan fingerprint density at radius 1 is 1.08 bits per heavy atom. The predicted octanol–water partition coefficient (Wildman–Crippen LogP) is 2.48. The Balaban J connectivity index is 1.45. The Morgan fingerprint density at radius 3 is 2.68 bits per heavy atom. The summed E-state index contributed by atoms with van der Waals surface area (Å²) in [6.07, 6.45) is 5.36. The van der Waals surface area contributed by atoms with Gasteiger partial charge in [-0.15, -0.1) is 0 Å². The smallest absolute Gasteiger partial charge is 0.273 e. The van der Waals surface area contributed by atoms with E-state index in [1.54, 1.807) is 6.20 Å². The van der Waals surface area contributed by atoms with Crippen LogP contribution in [0.25, 0.3) is 10.9 Å². The molecule has 1 fully saturated rings. The third kappa shape index (κ3) is 3.00. The number of carbonyl (C=O) groups excluding carboxylic acids is 1. The molecule has 128 valence electrons. The van der Waals surface area contributed by atoms with E-state index in [2.05, 4.69) is 32.8 Å². The number of aromatic nitrogens is 3. The van der Waals surface area contributed by atoms with Gasteiger partial charge in [0, 0.05) is 61.7 Å². The monoisotopic (exact) mass is 335 g/mol. The maximum atomic E-state index is 12.9. The van der Waals surface area contributed by atoms with Crippen LogP contribution >= 0.6 is 0 Å². The second-order valence-electron chi connectivity index (χ2n) is 6.36. The summed E-state index contributed by atoms with van der Waals surface area (Å²) in [6, 6.07) is 10.1. The van der Waals surface area contributed by atoms with Gasteiger partial charge in [0.1, 0.15) is 5.69 Å². The SMILES string of the molecule is CC(c1ccccn1)N1CCN(C(=O)c2nccc3[nH]ccc23)CC1. The van der Waals surface area contributed by atoms with Crippen LogP contribution in [0.4, 0.5) is 0 Å². The number of nitrogens with one attached hydrogen (secondary N) is 1. The van der Waals surface area contributed by atoms with Crippen LogP contribution in [0.15, 0.2) is 48.9 Å². The molecule has 25 heavy (non-hydrogen) atoms. The lowest BCUT2D eigenvalue weighted by molar-refractivity contribution is 0.0575. The molecule has 1 saturated heterocycles. The summed E-state index contributed by atoms with van der Waals surface area (Å²) < 4.78 is 0. The fraction of sp³-hybridized carbons (Fsp3) is 0.316. The van der Waals surface area contributed by atoms with Crippen LogP contribution in [0.2, 0.25) is 0 Å². The van der Waals surface area contributed by atoms with Gasteiger partial charge in [-0.1, -0.05) is 6.07 Å². The Bertz CT molecular complexity index is 868. The summed E-state index contributed by atoms with van der Waals surface area (Å²) >= 11 is 0. The minimum atomic E-state index is 0.00957. The number of rotatable bonds is 3. The molecule has 0 aliphatic carbocycles. The molecule has 0 bridgehead atoms. The van der Waals surface area contributed by atoms with E-state index in [4.69, 9.17) is 0 Å². The summed E-state index contributed by atoms with van der Waals surface area (Å²) in [7, 11) is 0. The zero-order valence-corrected chi connectivity index (χ0v) is 14.2. The van der Waals surface area contributed by atoms with Gasteiger partial charge >= 0.3 is 0 Å². The topological polar surface area (TPSA) is 65.1 Å². The standard InChI is InChI=1S/C19H21N5O/c1-14(16-4-2-3-7-20-16)23-10-12-24(13-11-23)19(25)18-15-5-8-21-17(15)6-9-22-18/h2-9,14,21H,10-13H2,1H3. The van der Waals surface area contributed by atoms with E-state index in [-0.39, 0.29) is 11.9 Å². The number of nitrogens with zero attached hydrogens (tertiary/aromatic N) is 4. The fourth-order valence-electron chi connectivity index (χ4n) is 3.43. The van der Waals surface area contributed by atoms with Crippen molar-refractivity contribution in [3.63, 3.8) is 0 Å². The molecule has 1 amide bonds. The highest BCUT2D eigenvalue weighted by atomic mass is 16.2. The van der Waals surface area contributed by atoms with Crippen molar-refractivity contribution in [1.82, 2.24) is 24.8 Å². The zero-order valence-electron chi connectivity index (χ0n) is 14.2. The molecule has 0 spiro atoms. The number of hydrogen-bond acceptors (Lipinski definition) is 4. The Hall–Kier alpha value is -2.73. The molecule has 1 aliphatic rings. The summed E-state index contributed by atoms with van der Waals surface area (Å²) in [5, 5.41) is 0.886. The van der Waals surface area contributed by atoms with E-state index in [0.717, 1.165) is 29.7 Å². The molecule has 0 radical (unpaired) electrons. The summed E-state index contributed by atoms with van der Waals surface area (Å²) in [5.41, 5.74) is 2.55. The average molecular weight is 335 g/mol. The quantitative estimate of drug-likeness (QED) is 0.799. The first-order valence-corrected chi connectivity index (χ1v) is 8.60. The van der Waals surface area contributed by atoms with Crippen LogP contribution < -0.4 is 0 Å². The van der Waals surface area contributed by atoms with Crippen LogP contribution in [0.3, 0.4) is 0 Å². The van der Waals surface area contributed by atoms with Gasteiger partial charge in [0.25, 0.3) is 5.91 Å². The lowest BCUT2D eigenvalue weighted by Crippen LogP contribution is -2.49. The molecule has 4 rings (SSSR count). The maximum Gasteiger partial charge on any atom is 0.273 e. The third-order valence-electron chi connectivity index (χ3n) is 4.95. The van der Waals surface area contributed by atoms with Crippen molar-refractivity contribution in [2.24, 2.45) is 0 Å². The average Bonchev–Trinajstić information content (AvgIpc) is 3.16. The van der Waals surface area contributed by atoms with Gasteiger partial charge in [-0.3, -0.25) is 19.7 Å². The van der Waals surface area contributed by atoms with Crippen LogP contribution in [-0.4, -0.2) is 56.8 Å². The second-order valence-corrected chi connectivity index (χ2v) is 6.36. The largest absolute Gasteiger partial charge is 0.361 e. The highest BCUT2D eigenvalue weighted by Crippen LogP contribution is 2.21. The normalized spacial score (nSPS) is 16.9. The molecule has 1 N–H and O–H groups in total. The van der Waals surface area contributed by atoms with Gasteiger partial charge in [0.05, 0.1) is 5.69 Å². The molecule has 3 aromatic rings. The first-order valence-electron chi connectivity index (χ1n) is 8.60. The van der Waals surface area contributed by atoms with Crippen molar-refractivity contribution in [3.8, 4) is 0 Å². The number of piperazine rings is 1. The van der Waals surface area contributed by atoms with Crippen molar-refractivity contribution in [2.75, 3.05) is 26.2 Å². The molecule has 0 aromatic carbocycles. The number of amides is 1. The first-order chi connectivity index (χ1) is 12.2. The Labute approximate surface area is 146 Å². The van der Waals surface area contributed by atoms with Crippen molar-refractivity contribution >= 4 is 16.8 Å². The molecule has 0 saturated carbocycles. The minimum absolute atomic E-state index is 0.00957. The van der Waals surface area contributed by atoms with E-state index >= 15 is 0 Å². The van der Waals surface area contributed by atoms with Gasteiger partial charge in [0.2, 0.25) is 0 Å². The van der Waals surface area contributed by atoms with Crippen molar-refractivity contribution in [2.45, 2.75) is 13.0 Å². The molecule has 1 unspecified atom stereocenters. The Kier molecular flexibility index (Phi) is 4.19. The van der Waals surface area contributed by atoms with E-state index in [9.17, 15) is 4.79 Å². The number of H-pyrrole nitrogens is 1. The number of fused-ring (bicyclic) bond motifs is 1. The van der Waals surface area contributed by atoms with E-state index in [1.807, 2.05) is 41.6 Å². The van der Waals surface area contributed by atoms with Crippen LogP contribution in [0.5, 0.6) is 0 Å². The van der Waals surface area contributed by atoms with Gasteiger partial charge in [-0.05, 0) is 31.2 Å². The molecular weight excluding hydrogens is 314 g/mol. The van der Waals surface area contributed by atoms with Crippen molar-refractivity contribution < 1.29 is 4.79 Å². The minimum Gasteiger partial charge on any atom is -0.361 e. The Morgan fingerprint density at radius 2 is 1.92 bits per heavy atom. The van der Waals surface area contributed by atoms with Crippen molar-refractivity contribution in [1.29, 1.82) is 0 Å². The van der Waals surface area contributed by atoms with E-state index < -0.39 is 0 Å². The van der Waals surface area contributed by atoms with Gasteiger partial charge < -0.3 is 9.88 Å². The van der Waals surface area contributed by atoms with Crippen LogP contribution in [0.1, 0.15) is 29.1 Å². The molecule has 6 heteroatoms. The molecule has 6 nitrogen and oxygen atoms in total. The maximum absolute atomic E-state index is 12.9. The summed E-state index contributed by atoms with van der Waals surface area (Å²) in [6.45, 7) is 5.26. The van der Waals surface area contributed by atoms with Gasteiger partial charge in [-0.25, -0.2) is 0 Å². The van der Waals surface area contributed by atoms with Gasteiger partial charge in [-0.2, -0.15) is 0 Å². The predicted molar refractivity (Wildman–Crippen MR) is 96.2 cm³/mol. The zero-order chi connectivity index (χ0) is 17.2. The van der Waals surface area contributed by atoms with E-state index in [1.165, 1.54) is 0 Å². The lowest BCUT2D eigenvalue weighted by atomic mass is 10.1. The fourth-order valence-corrected chi connectivity index (χ4v) is 3.43. The molecule has 3 aromatic heterocycles. The lowest BCUT2D eigenvalue weighted by Gasteiger charge is -2.37. The highest BCUT2D eigenvalue weighted by Gasteiger charge is 2.27. The molecule has 1 aliphatic heterocycles. The summed E-state index contributed by atoms with van der Waals surface area (Å²) in [5.74, 6) is 0.00957. The van der Waals surface area contributed by atoms with Gasteiger partial charge in [0.15, 0.2) is 0 Å². The molecule has 1 atom stereocenters. The number of pyridine rings is 2. The third-order valence-corrected chi connectivity index (χ3v) is 4.95.